The van der Waals surface area contributed by atoms with E-state index in [-0.39, 0.29) is 6.16 Å². The minimum absolute atomic E-state index is 0.119. The average molecular weight is 458 g/mol. The molecule has 0 unspecified atom stereocenters. The van der Waals surface area contributed by atoms with Gasteiger partial charge in [-0.15, -0.1) is 0 Å². The number of rotatable bonds is 14. The van der Waals surface area contributed by atoms with Crippen molar-refractivity contribution in [3.05, 3.63) is 72.3 Å². The molecule has 2 heterocycles. The molecule has 172 valence electrons. The van der Waals surface area contributed by atoms with Gasteiger partial charge in [0.1, 0.15) is 11.4 Å². The van der Waals surface area contributed by atoms with Gasteiger partial charge < -0.3 is 24.3 Å². The van der Waals surface area contributed by atoms with Crippen LogP contribution < -0.4 is 10.1 Å². The van der Waals surface area contributed by atoms with Crippen LogP contribution in [0.15, 0.2) is 65.5 Å². The van der Waals surface area contributed by atoms with Crippen LogP contribution in [0.5, 0.6) is 5.75 Å². The summed E-state index contributed by atoms with van der Waals surface area (Å²) >= 11 is 0. The molecule has 0 radical (unpaired) electrons. The van der Waals surface area contributed by atoms with E-state index >= 15 is 0 Å². The predicted molar refractivity (Wildman–Crippen MR) is 125 cm³/mol. The molecule has 1 aromatic carbocycles. The number of aromatic nitrogens is 1. The van der Waals surface area contributed by atoms with Crippen molar-refractivity contribution in [2.24, 2.45) is 0 Å². The fourth-order valence-electron chi connectivity index (χ4n) is 3.37. The van der Waals surface area contributed by atoms with Gasteiger partial charge in [-0.05, 0) is 62.4 Å². The lowest BCUT2D eigenvalue weighted by Gasteiger charge is -2.12. The number of hydrogen-bond donors (Lipinski definition) is 3. The molecule has 0 aliphatic carbocycles. The highest BCUT2D eigenvalue weighted by Crippen LogP contribution is 2.34. The second kappa shape index (κ2) is 12.6. The Balaban J connectivity index is 1.47. The summed E-state index contributed by atoms with van der Waals surface area (Å²) in [6.07, 6.45) is 7.83. The van der Waals surface area contributed by atoms with Crippen LogP contribution in [0.2, 0.25) is 0 Å². The molecular weight excluding hydrogens is 427 g/mol. The van der Waals surface area contributed by atoms with Crippen LogP contribution in [0.4, 0.5) is 0 Å². The molecule has 0 saturated carbocycles. The van der Waals surface area contributed by atoms with E-state index in [9.17, 15) is 4.57 Å². The molecule has 0 amide bonds. The SMILES string of the molecule is O=P(O)(O)CCCNCc1ccc(OCCCCCc2ccccc2)c(-c2ccoc2)n1. The van der Waals surface area contributed by atoms with Gasteiger partial charge in [-0.3, -0.25) is 4.57 Å². The molecule has 0 bridgehead atoms. The number of pyridine rings is 1. The third-order valence-corrected chi connectivity index (χ3v) is 5.93. The van der Waals surface area contributed by atoms with E-state index in [1.54, 1.807) is 12.5 Å². The van der Waals surface area contributed by atoms with Crippen molar-refractivity contribution in [1.29, 1.82) is 0 Å². The Hall–Kier alpha value is -2.44. The van der Waals surface area contributed by atoms with Gasteiger partial charge >= 0.3 is 7.60 Å². The van der Waals surface area contributed by atoms with Crippen molar-refractivity contribution in [2.45, 2.75) is 38.6 Å². The summed E-state index contributed by atoms with van der Waals surface area (Å²) in [5.41, 5.74) is 3.78. The number of nitrogens with one attached hydrogen (secondary N) is 1. The number of unbranched alkanes of at least 4 members (excludes halogenated alkanes) is 2. The number of benzene rings is 1. The second-order valence-corrected chi connectivity index (χ2v) is 9.50. The molecule has 3 aromatic rings. The van der Waals surface area contributed by atoms with Crippen molar-refractivity contribution in [1.82, 2.24) is 10.3 Å². The maximum atomic E-state index is 10.9. The minimum atomic E-state index is -3.94. The van der Waals surface area contributed by atoms with Gasteiger partial charge in [0.25, 0.3) is 0 Å². The third kappa shape index (κ3) is 8.60. The third-order valence-electron chi connectivity index (χ3n) is 5.03. The monoisotopic (exact) mass is 458 g/mol. The first-order chi connectivity index (χ1) is 15.5. The summed E-state index contributed by atoms with van der Waals surface area (Å²) in [5, 5.41) is 3.18. The van der Waals surface area contributed by atoms with Crippen LogP contribution in [-0.4, -0.2) is 34.1 Å². The van der Waals surface area contributed by atoms with Crippen LogP contribution >= 0.6 is 7.60 Å². The Morgan fingerprint density at radius 1 is 1.00 bits per heavy atom. The van der Waals surface area contributed by atoms with E-state index in [0.29, 0.717) is 26.1 Å². The predicted octanol–water partition coefficient (Wildman–Crippen LogP) is 4.79. The highest BCUT2D eigenvalue weighted by molar-refractivity contribution is 7.51. The number of hydrogen-bond acceptors (Lipinski definition) is 5. The van der Waals surface area contributed by atoms with E-state index in [1.807, 2.05) is 24.3 Å². The van der Waals surface area contributed by atoms with Gasteiger partial charge in [0.05, 0.1) is 31.0 Å². The molecule has 0 saturated heterocycles. The van der Waals surface area contributed by atoms with Gasteiger partial charge in [-0.25, -0.2) is 4.98 Å². The number of aryl methyl sites for hydroxylation is 1. The van der Waals surface area contributed by atoms with Crippen molar-refractivity contribution < 1.29 is 23.5 Å². The Kier molecular flexibility index (Phi) is 9.50. The lowest BCUT2D eigenvalue weighted by atomic mass is 10.1. The fraction of sp³-hybridized carbons (Fsp3) is 0.375. The van der Waals surface area contributed by atoms with Crippen molar-refractivity contribution in [3.8, 4) is 17.0 Å². The summed E-state index contributed by atoms with van der Waals surface area (Å²) < 4.78 is 22.2. The summed E-state index contributed by atoms with van der Waals surface area (Å²) in [6.45, 7) is 1.64. The molecule has 0 fully saturated rings. The van der Waals surface area contributed by atoms with E-state index in [2.05, 4.69) is 29.6 Å². The van der Waals surface area contributed by atoms with Crippen molar-refractivity contribution in [3.63, 3.8) is 0 Å². The van der Waals surface area contributed by atoms with Crippen LogP contribution in [0.3, 0.4) is 0 Å². The summed E-state index contributed by atoms with van der Waals surface area (Å²) in [4.78, 5) is 22.6. The molecule has 7 nitrogen and oxygen atoms in total. The number of nitrogens with zero attached hydrogens (tertiary/aromatic N) is 1. The van der Waals surface area contributed by atoms with Crippen LogP contribution in [0.25, 0.3) is 11.3 Å². The molecule has 3 rings (SSSR count). The molecule has 0 aliphatic rings. The van der Waals surface area contributed by atoms with Gasteiger partial charge in [-0.2, -0.15) is 0 Å². The van der Waals surface area contributed by atoms with Crippen molar-refractivity contribution >= 4 is 7.60 Å². The molecular formula is C24H31N2O5P. The number of ether oxygens (including phenoxy) is 1. The lowest BCUT2D eigenvalue weighted by Crippen LogP contribution is -2.17. The second-order valence-electron chi connectivity index (χ2n) is 7.72. The first-order valence-electron chi connectivity index (χ1n) is 11.0. The maximum Gasteiger partial charge on any atom is 0.325 e. The van der Waals surface area contributed by atoms with Gasteiger partial charge in [0.15, 0.2) is 0 Å². The first-order valence-corrected chi connectivity index (χ1v) is 12.8. The topological polar surface area (TPSA) is 105 Å². The quantitative estimate of drug-likeness (QED) is 0.236. The standard InChI is InChI=1S/C24H31N2O5P/c27-32(28,29)17-7-14-25-18-22-11-12-23(24(26-22)21-13-16-30-19-21)31-15-6-2-5-10-20-8-3-1-4-9-20/h1,3-4,8-9,11-13,16,19,25H,2,5-7,10,14-15,17-18H2,(H2,27,28,29). The first kappa shape index (κ1) is 24.2. The highest BCUT2D eigenvalue weighted by atomic mass is 31.2. The molecule has 3 N–H and O–H groups in total. The minimum Gasteiger partial charge on any atom is -0.491 e. The van der Waals surface area contributed by atoms with Gasteiger partial charge in [0.2, 0.25) is 0 Å². The summed E-state index contributed by atoms with van der Waals surface area (Å²) in [6, 6.07) is 16.2. The zero-order valence-electron chi connectivity index (χ0n) is 18.2. The van der Waals surface area contributed by atoms with Crippen LogP contribution in [0, 0.1) is 0 Å². The molecule has 0 aliphatic heterocycles. The Labute approximate surface area is 189 Å². The van der Waals surface area contributed by atoms with E-state index in [0.717, 1.165) is 48.4 Å². The lowest BCUT2D eigenvalue weighted by molar-refractivity contribution is 0.305. The highest BCUT2D eigenvalue weighted by Gasteiger charge is 2.13. The summed E-state index contributed by atoms with van der Waals surface area (Å²) in [7, 11) is -3.94. The zero-order valence-corrected chi connectivity index (χ0v) is 19.0. The zero-order chi connectivity index (χ0) is 22.7. The van der Waals surface area contributed by atoms with E-state index < -0.39 is 7.60 Å². The van der Waals surface area contributed by atoms with E-state index in [4.69, 9.17) is 23.9 Å². The Bertz CT molecular complexity index is 973. The number of furan rings is 1. The normalized spacial score (nSPS) is 11.6. The van der Waals surface area contributed by atoms with Crippen molar-refractivity contribution in [2.75, 3.05) is 19.3 Å². The van der Waals surface area contributed by atoms with E-state index in [1.165, 1.54) is 5.56 Å². The van der Waals surface area contributed by atoms with Crippen LogP contribution in [-0.2, 0) is 17.5 Å². The fourth-order valence-corrected chi connectivity index (χ4v) is 3.94. The Morgan fingerprint density at radius 2 is 1.84 bits per heavy atom. The largest absolute Gasteiger partial charge is 0.491 e. The molecule has 32 heavy (non-hydrogen) atoms. The molecule has 0 atom stereocenters. The van der Waals surface area contributed by atoms with Crippen LogP contribution in [0.1, 0.15) is 36.9 Å². The summed E-state index contributed by atoms with van der Waals surface area (Å²) in [5.74, 6) is 0.722. The van der Waals surface area contributed by atoms with Gasteiger partial charge in [-0.1, -0.05) is 30.3 Å². The van der Waals surface area contributed by atoms with Gasteiger partial charge in [0, 0.05) is 12.1 Å². The Morgan fingerprint density at radius 3 is 2.59 bits per heavy atom. The molecule has 8 heteroatoms. The maximum absolute atomic E-state index is 10.9. The smallest absolute Gasteiger partial charge is 0.325 e. The molecule has 2 aromatic heterocycles. The molecule has 0 spiro atoms. The average Bonchev–Trinajstić information content (AvgIpc) is 3.31.